The maximum Gasteiger partial charge on any atom is 0.258 e. The molecule has 6 rings (SSSR count). The molecule has 1 saturated heterocycles. The minimum absolute atomic E-state index is 0.0582. The Bertz CT molecular complexity index is 1740. The largest absolute Gasteiger partial charge is 0.488 e. The van der Waals surface area contributed by atoms with Crippen LogP contribution in [0.2, 0.25) is 0 Å². The third-order valence-electron chi connectivity index (χ3n) is 7.97. The van der Waals surface area contributed by atoms with E-state index in [4.69, 9.17) is 14.0 Å². The smallest absolute Gasteiger partial charge is 0.258 e. The normalized spacial score (nSPS) is 18.6. The number of hydrogen-bond donors (Lipinski definition) is 2. The lowest BCUT2D eigenvalue weighted by molar-refractivity contribution is -0.133. The van der Waals surface area contributed by atoms with Crippen molar-refractivity contribution in [2.75, 3.05) is 19.7 Å². The summed E-state index contributed by atoms with van der Waals surface area (Å²) in [4.78, 5) is 45.5. The molecule has 2 atom stereocenters. The highest BCUT2D eigenvalue weighted by molar-refractivity contribution is 5.95. The van der Waals surface area contributed by atoms with Gasteiger partial charge in [-0.1, -0.05) is 17.3 Å². The van der Waals surface area contributed by atoms with Crippen LogP contribution in [0.15, 0.2) is 65.4 Å². The van der Waals surface area contributed by atoms with E-state index in [9.17, 15) is 18.8 Å². The summed E-state index contributed by atoms with van der Waals surface area (Å²) in [6.45, 7) is 3.91. The number of rotatable bonds is 2. The molecule has 1 fully saturated rings. The summed E-state index contributed by atoms with van der Waals surface area (Å²) >= 11 is 0. The molecule has 4 heterocycles. The number of nitrogens with one attached hydrogen (secondary N) is 2. The van der Waals surface area contributed by atoms with Crippen LogP contribution in [0.1, 0.15) is 39.4 Å². The summed E-state index contributed by atoms with van der Waals surface area (Å²) in [5.41, 5.74) is 3.61. The molecule has 0 aliphatic carbocycles. The predicted molar refractivity (Wildman–Crippen MR) is 160 cm³/mol. The molecule has 0 spiro atoms. The van der Waals surface area contributed by atoms with Gasteiger partial charge in [0.25, 0.3) is 11.8 Å². The minimum atomic E-state index is -0.631. The fraction of sp³-hybridized carbons (Fsp3) is 0.303. The highest BCUT2D eigenvalue weighted by Crippen LogP contribution is 2.26. The van der Waals surface area contributed by atoms with Crippen molar-refractivity contribution in [1.29, 1.82) is 0 Å². The van der Waals surface area contributed by atoms with E-state index in [1.54, 1.807) is 55.3 Å². The van der Waals surface area contributed by atoms with Gasteiger partial charge in [-0.2, -0.15) is 0 Å². The molecule has 232 valence electrons. The average Bonchev–Trinajstić information content (AvgIpc) is 3.35. The lowest BCUT2D eigenvalue weighted by Crippen LogP contribution is -2.58. The summed E-state index contributed by atoms with van der Waals surface area (Å²) in [6.07, 6.45) is 3.01. The molecule has 12 heteroatoms. The lowest BCUT2D eigenvalue weighted by Gasteiger charge is -2.39. The number of likely N-dealkylation sites (tertiary alicyclic amines) is 1. The molecule has 4 aromatic rings. The number of carbonyl (C=O) groups is 3. The van der Waals surface area contributed by atoms with Crippen LogP contribution in [-0.2, 0) is 22.6 Å². The van der Waals surface area contributed by atoms with Crippen LogP contribution in [-0.4, -0.2) is 64.6 Å². The number of piperidine rings is 1. The molecule has 2 aliphatic rings. The van der Waals surface area contributed by atoms with Gasteiger partial charge in [-0.15, -0.1) is 0 Å². The van der Waals surface area contributed by atoms with Crippen molar-refractivity contribution < 1.29 is 32.8 Å². The van der Waals surface area contributed by atoms with Crippen LogP contribution in [0.25, 0.3) is 11.1 Å². The van der Waals surface area contributed by atoms with Gasteiger partial charge in [0.1, 0.15) is 29.2 Å². The summed E-state index contributed by atoms with van der Waals surface area (Å²) in [5.74, 6) is -0.161. The number of aromatic nitrogens is 2. The molecule has 2 aromatic carbocycles. The topological polar surface area (TPSA) is 136 Å². The van der Waals surface area contributed by atoms with E-state index in [-0.39, 0.29) is 43.7 Å². The second-order valence-electron chi connectivity index (χ2n) is 11.2. The summed E-state index contributed by atoms with van der Waals surface area (Å²) < 4.78 is 31.8. The van der Waals surface area contributed by atoms with E-state index in [0.717, 1.165) is 11.1 Å². The molecular formula is C33H32FN5O6. The highest BCUT2D eigenvalue weighted by Gasteiger charge is 2.35. The van der Waals surface area contributed by atoms with Crippen molar-refractivity contribution in [1.82, 2.24) is 25.7 Å². The Morgan fingerprint density at radius 1 is 1.04 bits per heavy atom. The molecule has 0 saturated carbocycles. The predicted octanol–water partition coefficient (Wildman–Crippen LogP) is 3.52. The van der Waals surface area contributed by atoms with E-state index >= 15 is 0 Å². The van der Waals surface area contributed by atoms with Crippen LogP contribution in [0.5, 0.6) is 11.5 Å². The van der Waals surface area contributed by atoms with Gasteiger partial charge in [0.15, 0.2) is 6.61 Å². The molecule has 11 nitrogen and oxygen atoms in total. The number of amides is 3. The number of halogens is 1. The van der Waals surface area contributed by atoms with Crippen LogP contribution in [0.4, 0.5) is 4.39 Å². The first-order valence-corrected chi connectivity index (χ1v) is 14.6. The first-order valence-electron chi connectivity index (χ1n) is 14.6. The number of aryl methyl sites for hydroxylation is 2. The number of benzene rings is 2. The number of fused-ring (bicyclic) bond motifs is 8. The Morgan fingerprint density at radius 2 is 1.89 bits per heavy atom. The molecule has 2 aliphatic heterocycles. The number of carbonyl (C=O) groups excluding carboxylic acids is 3. The Hall–Kier alpha value is -5.26. The van der Waals surface area contributed by atoms with Gasteiger partial charge in [-0.25, -0.2) is 4.39 Å². The summed E-state index contributed by atoms with van der Waals surface area (Å²) in [6, 6.07) is 12.4. The van der Waals surface area contributed by atoms with E-state index in [1.807, 2.05) is 6.07 Å². The average molecular weight is 614 g/mol. The first-order chi connectivity index (χ1) is 21.7. The van der Waals surface area contributed by atoms with Crippen molar-refractivity contribution in [3.8, 4) is 22.6 Å². The third-order valence-corrected chi connectivity index (χ3v) is 7.97. The van der Waals surface area contributed by atoms with Gasteiger partial charge in [-0.05, 0) is 55.3 Å². The molecular weight excluding hydrogens is 581 g/mol. The maximum atomic E-state index is 14.7. The Kier molecular flexibility index (Phi) is 8.45. The van der Waals surface area contributed by atoms with E-state index < -0.39 is 23.9 Å². The van der Waals surface area contributed by atoms with Crippen LogP contribution < -0.4 is 20.1 Å². The SMILES string of the molecule is Cc1noc(C)c1CC(=O)N1CC[C@@H]2Oc3cc(F)cc(c3)CNC(=O)COc3cccc(c3)-c3cncc(c3)C(=O)N[C@@H]2C1. The molecule has 0 unspecified atom stereocenters. The van der Waals surface area contributed by atoms with Crippen molar-refractivity contribution in [3.05, 3.63) is 94.9 Å². The first kappa shape index (κ1) is 29.8. The van der Waals surface area contributed by atoms with Gasteiger partial charge in [0.05, 0.1) is 23.7 Å². The molecule has 2 N–H and O–H groups in total. The van der Waals surface area contributed by atoms with Gasteiger partial charge in [0, 0.05) is 55.6 Å². The summed E-state index contributed by atoms with van der Waals surface area (Å²) in [7, 11) is 0. The van der Waals surface area contributed by atoms with Gasteiger partial charge >= 0.3 is 0 Å². The highest BCUT2D eigenvalue weighted by atomic mass is 19.1. The second kappa shape index (κ2) is 12.8. The molecule has 3 amide bonds. The maximum absolute atomic E-state index is 14.7. The minimum Gasteiger partial charge on any atom is -0.488 e. The standard InChI is InChI=1S/C33H32FN5O6/c1-19-28(20(2)45-38-19)13-32(41)39-7-6-30-29(17-39)37-33(42)24-10-23(15-35-16-24)22-4-3-5-26(11-22)43-18-31(40)36-14-21-8-25(34)12-27(9-21)44-30/h3-5,8-12,15-16,29-30H,6-7,13-14,17-18H2,1-2H3,(H,36,40)(H,37,42)/t29-,30+/m1/s1. The van der Waals surface area contributed by atoms with Gasteiger partial charge < -0.3 is 29.5 Å². The number of nitrogens with zero attached hydrogens (tertiary/aromatic N) is 3. The number of ether oxygens (including phenoxy) is 2. The van der Waals surface area contributed by atoms with E-state index in [1.165, 1.54) is 18.3 Å². The number of hydrogen-bond acceptors (Lipinski definition) is 8. The van der Waals surface area contributed by atoms with Crippen LogP contribution in [0, 0.1) is 19.7 Å². The Balaban J connectivity index is 1.31. The quantitative estimate of drug-likeness (QED) is 0.351. The fourth-order valence-electron chi connectivity index (χ4n) is 5.56. The fourth-order valence-corrected chi connectivity index (χ4v) is 5.56. The Morgan fingerprint density at radius 3 is 2.71 bits per heavy atom. The monoisotopic (exact) mass is 613 g/mol. The van der Waals surface area contributed by atoms with Gasteiger partial charge in [-0.3, -0.25) is 19.4 Å². The molecule has 45 heavy (non-hydrogen) atoms. The van der Waals surface area contributed by atoms with Crippen molar-refractivity contribution in [2.24, 2.45) is 0 Å². The molecule has 6 bridgehead atoms. The van der Waals surface area contributed by atoms with Crippen molar-refractivity contribution >= 4 is 17.7 Å². The van der Waals surface area contributed by atoms with Crippen molar-refractivity contribution in [2.45, 2.75) is 45.4 Å². The van der Waals surface area contributed by atoms with Gasteiger partial charge in [0.2, 0.25) is 5.91 Å². The van der Waals surface area contributed by atoms with E-state index in [0.29, 0.717) is 46.9 Å². The lowest BCUT2D eigenvalue weighted by atomic mass is 9.99. The zero-order valence-electron chi connectivity index (χ0n) is 24.8. The van der Waals surface area contributed by atoms with Crippen LogP contribution in [0.3, 0.4) is 0 Å². The van der Waals surface area contributed by atoms with Crippen molar-refractivity contribution in [3.63, 3.8) is 0 Å². The number of pyridine rings is 1. The molecule has 0 radical (unpaired) electrons. The second-order valence-corrected chi connectivity index (χ2v) is 11.2. The zero-order valence-corrected chi connectivity index (χ0v) is 24.8. The van der Waals surface area contributed by atoms with Crippen LogP contribution >= 0.6 is 0 Å². The Labute approximate surface area is 258 Å². The zero-order chi connectivity index (χ0) is 31.5. The van der Waals surface area contributed by atoms with E-state index in [2.05, 4.69) is 20.8 Å². The third kappa shape index (κ3) is 6.95. The summed E-state index contributed by atoms with van der Waals surface area (Å²) in [5, 5.41) is 9.73. The molecule has 2 aromatic heterocycles.